The van der Waals surface area contributed by atoms with Crippen molar-refractivity contribution in [2.75, 3.05) is 18.1 Å². The zero-order chi connectivity index (χ0) is 14.8. The molecule has 0 heterocycles. The summed E-state index contributed by atoms with van der Waals surface area (Å²) in [6, 6.07) is 11.5. The first-order valence-electron chi connectivity index (χ1n) is 5.78. The second-order valence-electron chi connectivity index (χ2n) is 4.09. The summed E-state index contributed by atoms with van der Waals surface area (Å²) in [6.07, 6.45) is 0. The monoisotopic (exact) mass is 311 g/mol. The van der Waals surface area contributed by atoms with E-state index in [-0.39, 0.29) is 4.90 Å². The van der Waals surface area contributed by atoms with Crippen LogP contribution in [0.15, 0.2) is 47.4 Å². The van der Waals surface area contributed by atoms with Crippen LogP contribution in [0.1, 0.15) is 0 Å². The molecule has 2 rings (SSSR count). The van der Waals surface area contributed by atoms with Gasteiger partial charge in [-0.2, -0.15) is 0 Å². The number of hydrogen-bond acceptors (Lipinski definition) is 4. The Kier molecular flexibility index (Phi) is 4.17. The Bertz CT molecular complexity index is 732. The van der Waals surface area contributed by atoms with E-state index in [4.69, 9.17) is 17.3 Å². The molecule has 7 heteroatoms. The molecule has 0 spiro atoms. The summed E-state index contributed by atoms with van der Waals surface area (Å²) in [4.78, 5) is 0.138. The highest BCUT2D eigenvalue weighted by Crippen LogP contribution is 2.27. The first kappa shape index (κ1) is 14.6. The molecule has 0 atom stereocenters. The van der Waals surface area contributed by atoms with Gasteiger partial charge in [-0.15, -0.1) is 0 Å². The number of nitrogens with two attached hydrogens (primary N) is 1. The van der Waals surface area contributed by atoms with Crippen LogP contribution in [0.3, 0.4) is 0 Å². The van der Waals surface area contributed by atoms with Crippen molar-refractivity contribution < 1.29 is 8.42 Å². The van der Waals surface area contributed by atoms with Crippen LogP contribution in [-0.2, 0) is 10.0 Å². The van der Waals surface area contributed by atoms with Crippen LogP contribution >= 0.6 is 11.6 Å². The lowest BCUT2D eigenvalue weighted by molar-refractivity contribution is 0.588. The number of nitrogen functional groups attached to an aromatic ring is 1. The third-order valence-corrected chi connectivity index (χ3v) is 4.35. The Labute approximate surface area is 122 Å². The number of benzene rings is 2. The third kappa shape index (κ3) is 3.22. The number of rotatable bonds is 4. The van der Waals surface area contributed by atoms with E-state index in [9.17, 15) is 8.42 Å². The average molecular weight is 312 g/mol. The van der Waals surface area contributed by atoms with Gasteiger partial charge < -0.3 is 11.1 Å². The van der Waals surface area contributed by atoms with Crippen molar-refractivity contribution in [3.05, 3.63) is 47.5 Å². The molecule has 0 amide bonds. The van der Waals surface area contributed by atoms with Crippen molar-refractivity contribution in [3.8, 4) is 0 Å². The van der Waals surface area contributed by atoms with Crippen LogP contribution in [0.25, 0.3) is 0 Å². The zero-order valence-corrected chi connectivity index (χ0v) is 12.3. The van der Waals surface area contributed by atoms with Crippen molar-refractivity contribution in [1.29, 1.82) is 0 Å². The van der Waals surface area contributed by atoms with Crippen LogP contribution in [0, 0.1) is 0 Å². The van der Waals surface area contributed by atoms with Gasteiger partial charge in [-0.05, 0) is 43.4 Å². The lowest BCUT2D eigenvalue weighted by atomic mass is 10.2. The van der Waals surface area contributed by atoms with Gasteiger partial charge in [0.1, 0.15) is 0 Å². The molecule has 0 aliphatic heterocycles. The molecule has 0 aliphatic rings. The summed E-state index contributed by atoms with van der Waals surface area (Å²) in [5.74, 6) is 0. The highest BCUT2D eigenvalue weighted by molar-refractivity contribution is 7.89. The van der Waals surface area contributed by atoms with Gasteiger partial charge in [0, 0.05) is 10.7 Å². The fraction of sp³-hybridized carbons (Fsp3) is 0.0769. The first-order chi connectivity index (χ1) is 9.42. The Morgan fingerprint density at radius 3 is 2.55 bits per heavy atom. The Morgan fingerprint density at radius 2 is 1.90 bits per heavy atom. The number of sulfonamides is 1. The van der Waals surface area contributed by atoms with Gasteiger partial charge in [0.15, 0.2) is 0 Å². The molecule has 2 aromatic rings. The molecule has 0 aliphatic carbocycles. The highest BCUT2D eigenvalue weighted by atomic mass is 35.5. The van der Waals surface area contributed by atoms with E-state index in [1.165, 1.54) is 25.2 Å². The maximum absolute atomic E-state index is 11.8. The van der Waals surface area contributed by atoms with Crippen LogP contribution in [0.2, 0.25) is 5.02 Å². The van der Waals surface area contributed by atoms with Gasteiger partial charge in [0.2, 0.25) is 10.0 Å². The molecule has 0 aromatic heterocycles. The van der Waals surface area contributed by atoms with Crippen LogP contribution in [0.5, 0.6) is 0 Å². The maximum atomic E-state index is 11.8. The molecular formula is C13H14ClN3O2S. The standard InChI is InChI=1S/C13H14ClN3O2S/c1-16-20(18,19)11-5-6-12(15)13(8-11)17-10-4-2-3-9(14)7-10/h2-8,16-17H,15H2,1H3. The second kappa shape index (κ2) is 5.70. The van der Waals surface area contributed by atoms with Gasteiger partial charge in [0.25, 0.3) is 0 Å². The number of nitrogens with one attached hydrogen (secondary N) is 2. The molecule has 0 unspecified atom stereocenters. The molecule has 5 nitrogen and oxygen atoms in total. The summed E-state index contributed by atoms with van der Waals surface area (Å²) in [5, 5.41) is 3.62. The Hall–Kier alpha value is -1.76. The van der Waals surface area contributed by atoms with Gasteiger partial charge >= 0.3 is 0 Å². The van der Waals surface area contributed by atoms with Crippen molar-refractivity contribution in [1.82, 2.24) is 4.72 Å². The predicted molar refractivity (Wildman–Crippen MR) is 81.8 cm³/mol. The zero-order valence-electron chi connectivity index (χ0n) is 10.7. The van der Waals surface area contributed by atoms with E-state index >= 15 is 0 Å². The van der Waals surface area contributed by atoms with E-state index in [2.05, 4.69) is 10.0 Å². The minimum absolute atomic E-state index is 0.138. The molecule has 4 N–H and O–H groups in total. The molecular weight excluding hydrogens is 298 g/mol. The average Bonchev–Trinajstić information content (AvgIpc) is 2.41. The fourth-order valence-electron chi connectivity index (χ4n) is 1.65. The van der Waals surface area contributed by atoms with Gasteiger partial charge in [0.05, 0.1) is 16.3 Å². The number of halogens is 1. The van der Waals surface area contributed by atoms with E-state index < -0.39 is 10.0 Å². The summed E-state index contributed by atoms with van der Waals surface area (Å²) < 4.78 is 25.8. The molecule has 0 bridgehead atoms. The third-order valence-electron chi connectivity index (χ3n) is 2.71. The smallest absolute Gasteiger partial charge is 0.240 e. The molecule has 106 valence electrons. The summed E-state index contributed by atoms with van der Waals surface area (Å²) in [7, 11) is -2.15. The van der Waals surface area contributed by atoms with Crippen molar-refractivity contribution in [3.63, 3.8) is 0 Å². The lowest BCUT2D eigenvalue weighted by Crippen LogP contribution is -2.18. The van der Waals surface area contributed by atoms with Crippen molar-refractivity contribution in [2.45, 2.75) is 4.90 Å². The lowest BCUT2D eigenvalue weighted by Gasteiger charge is -2.11. The molecule has 0 saturated heterocycles. The predicted octanol–water partition coefficient (Wildman–Crippen LogP) is 2.57. The quantitative estimate of drug-likeness (QED) is 0.758. The van der Waals surface area contributed by atoms with E-state index in [0.29, 0.717) is 16.4 Å². The Morgan fingerprint density at radius 1 is 1.15 bits per heavy atom. The maximum Gasteiger partial charge on any atom is 0.240 e. The minimum Gasteiger partial charge on any atom is -0.397 e. The second-order valence-corrected chi connectivity index (χ2v) is 6.41. The SMILES string of the molecule is CNS(=O)(=O)c1ccc(N)c(Nc2cccc(Cl)c2)c1. The van der Waals surface area contributed by atoms with E-state index in [0.717, 1.165) is 5.69 Å². The molecule has 0 saturated carbocycles. The Balaban J connectivity index is 2.39. The van der Waals surface area contributed by atoms with Crippen LogP contribution in [0.4, 0.5) is 17.1 Å². The topological polar surface area (TPSA) is 84.2 Å². The molecule has 2 aromatic carbocycles. The largest absolute Gasteiger partial charge is 0.397 e. The van der Waals surface area contributed by atoms with Crippen molar-refractivity contribution >= 4 is 38.7 Å². The summed E-state index contributed by atoms with van der Waals surface area (Å²) in [6.45, 7) is 0. The van der Waals surface area contributed by atoms with E-state index in [1.807, 2.05) is 6.07 Å². The highest BCUT2D eigenvalue weighted by Gasteiger charge is 2.13. The van der Waals surface area contributed by atoms with E-state index in [1.54, 1.807) is 18.2 Å². The normalized spacial score (nSPS) is 11.3. The fourth-order valence-corrected chi connectivity index (χ4v) is 2.60. The van der Waals surface area contributed by atoms with Crippen LogP contribution < -0.4 is 15.8 Å². The van der Waals surface area contributed by atoms with Gasteiger partial charge in [-0.1, -0.05) is 17.7 Å². The van der Waals surface area contributed by atoms with Crippen LogP contribution in [-0.4, -0.2) is 15.5 Å². The molecule has 0 radical (unpaired) electrons. The molecule has 20 heavy (non-hydrogen) atoms. The van der Waals surface area contributed by atoms with Gasteiger partial charge in [-0.25, -0.2) is 13.1 Å². The number of hydrogen-bond donors (Lipinski definition) is 3. The van der Waals surface area contributed by atoms with Gasteiger partial charge in [-0.3, -0.25) is 0 Å². The number of anilines is 3. The van der Waals surface area contributed by atoms with Crippen molar-refractivity contribution in [2.24, 2.45) is 0 Å². The summed E-state index contributed by atoms with van der Waals surface area (Å²) in [5.41, 5.74) is 7.52. The summed E-state index contributed by atoms with van der Waals surface area (Å²) >= 11 is 5.90. The first-order valence-corrected chi connectivity index (χ1v) is 7.64. The molecule has 0 fully saturated rings. The minimum atomic E-state index is -3.51.